The van der Waals surface area contributed by atoms with Crippen molar-refractivity contribution in [3.8, 4) is 0 Å². The lowest BCUT2D eigenvalue weighted by Crippen LogP contribution is -2.68. The van der Waals surface area contributed by atoms with E-state index in [1.54, 1.807) is 13.8 Å². The van der Waals surface area contributed by atoms with E-state index in [2.05, 4.69) is 5.32 Å². The van der Waals surface area contributed by atoms with Crippen LogP contribution >= 0.6 is 0 Å². The minimum atomic E-state index is -0.921. The molecule has 2 saturated heterocycles. The number of nitrogens with one attached hydrogen (secondary N) is 1. The van der Waals surface area contributed by atoms with Gasteiger partial charge in [0.1, 0.15) is 24.4 Å². The summed E-state index contributed by atoms with van der Waals surface area (Å²) in [6, 6.07) is -0.669. The number of carbonyl (C=O) groups is 1. The number of aliphatic hydroxyl groups excluding tert-OH is 1. The molecular formula is C12H21NO6. The number of ether oxygens (including phenoxy) is 4. The topological polar surface area (TPSA) is 86.2 Å². The number of fused-ring (bicyclic) bond motifs is 1. The van der Waals surface area contributed by atoms with E-state index < -0.39 is 36.4 Å². The Morgan fingerprint density at radius 2 is 2.16 bits per heavy atom. The van der Waals surface area contributed by atoms with E-state index in [9.17, 15) is 9.90 Å². The maximum absolute atomic E-state index is 11.2. The molecule has 2 aliphatic rings. The molecule has 2 fully saturated rings. The number of methoxy groups -OCH3 is 1. The molecule has 2 aliphatic heterocycles. The highest BCUT2D eigenvalue weighted by molar-refractivity contribution is 5.73. The van der Waals surface area contributed by atoms with Gasteiger partial charge >= 0.3 is 0 Å². The zero-order chi connectivity index (χ0) is 14.2. The summed E-state index contributed by atoms with van der Waals surface area (Å²) in [7, 11) is 1.46. The quantitative estimate of drug-likeness (QED) is 0.698. The first-order valence-electron chi connectivity index (χ1n) is 6.29. The predicted octanol–water partition coefficient (Wildman–Crippen LogP) is -0.625. The lowest BCUT2D eigenvalue weighted by molar-refractivity contribution is -0.366. The van der Waals surface area contributed by atoms with E-state index in [1.807, 2.05) is 0 Å². The third-order valence-corrected chi connectivity index (χ3v) is 3.29. The van der Waals surface area contributed by atoms with E-state index in [4.69, 9.17) is 18.9 Å². The summed E-state index contributed by atoms with van der Waals surface area (Å²) in [5.41, 5.74) is 0. The van der Waals surface area contributed by atoms with Crippen LogP contribution in [0.2, 0.25) is 0 Å². The molecular weight excluding hydrogens is 254 g/mol. The largest absolute Gasteiger partial charge is 0.388 e. The maximum Gasteiger partial charge on any atom is 0.217 e. The van der Waals surface area contributed by atoms with Gasteiger partial charge in [-0.2, -0.15) is 0 Å². The number of rotatable bonds is 2. The first kappa shape index (κ1) is 14.7. The molecule has 2 heterocycles. The Hall–Kier alpha value is -0.730. The number of aliphatic hydroxyl groups is 1. The summed E-state index contributed by atoms with van der Waals surface area (Å²) >= 11 is 0. The normalized spacial score (nSPS) is 41.4. The van der Waals surface area contributed by atoms with Crippen LogP contribution in [0.4, 0.5) is 0 Å². The monoisotopic (exact) mass is 275 g/mol. The molecule has 0 aliphatic carbocycles. The van der Waals surface area contributed by atoms with E-state index in [1.165, 1.54) is 14.0 Å². The molecule has 0 spiro atoms. The fraction of sp³-hybridized carbons (Fsp3) is 0.917. The first-order valence-corrected chi connectivity index (χ1v) is 6.29. The highest BCUT2D eigenvalue weighted by Gasteiger charge is 2.51. The van der Waals surface area contributed by atoms with Gasteiger partial charge in [-0.25, -0.2) is 0 Å². The van der Waals surface area contributed by atoms with Crippen molar-refractivity contribution >= 4 is 5.91 Å². The van der Waals surface area contributed by atoms with Crippen LogP contribution in [0.15, 0.2) is 0 Å². The molecule has 0 bridgehead atoms. The molecule has 0 unspecified atom stereocenters. The fourth-order valence-electron chi connectivity index (χ4n) is 2.43. The molecule has 2 N–H and O–H groups in total. The molecule has 110 valence electrons. The second-order valence-electron chi connectivity index (χ2n) is 5.29. The molecule has 0 saturated carbocycles. The van der Waals surface area contributed by atoms with E-state index in [-0.39, 0.29) is 5.91 Å². The zero-order valence-electron chi connectivity index (χ0n) is 11.6. The number of hydrogen-bond donors (Lipinski definition) is 2. The van der Waals surface area contributed by atoms with Crippen molar-refractivity contribution < 1.29 is 28.8 Å². The Morgan fingerprint density at radius 3 is 2.74 bits per heavy atom. The van der Waals surface area contributed by atoms with Gasteiger partial charge in [0.05, 0.1) is 6.61 Å². The highest BCUT2D eigenvalue weighted by atomic mass is 16.8. The molecule has 0 aromatic rings. The molecule has 19 heavy (non-hydrogen) atoms. The van der Waals surface area contributed by atoms with Crippen molar-refractivity contribution in [2.75, 3.05) is 13.7 Å². The SMILES string of the molecule is CO[C@H]1O[C@@H]2COC(C)(C)O[C@@H]2[C@@H](O)[C@H]1NC(C)=O. The van der Waals surface area contributed by atoms with E-state index in [0.717, 1.165) is 0 Å². The van der Waals surface area contributed by atoms with Crippen LogP contribution in [0.5, 0.6) is 0 Å². The summed E-state index contributed by atoms with van der Waals surface area (Å²) in [6.45, 7) is 5.22. The molecule has 0 aromatic heterocycles. The van der Waals surface area contributed by atoms with Crippen molar-refractivity contribution in [3.63, 3.8) is 0 Å². The first-order chi connectivity index (χ1) is 8.84. The van der Waals surface area contributed by atoms with Crippen LogP contribution in [-0.2, 0) is 23.7 Å². The Bertz CT molecular complexity index is 347. The molecule has 0 radical (unpaired) electrons. The van der Waals surface area contributed by atoms with Crippen molar-refractivity contribution in [1.29, 1.82) is 0 Å². The fourth-order valence-corrected chi connectivity index (χ4v) is 2.43. The van der Waals surface area contributed by atoms with Crippen LogP contribution < -0.4 is 5.32 Å². The van der Waals surface area contributed by atoms with Crippen molar-refractivity contribution in [2.45, 2.75) is 57.2 Å². The third-order valence-electron chi connectivity index (χ3n) is 3.29. The smallest absolute Gasteiger partial charge is 0.217 e. The zero-order valence-corrected chi connectivity index (χ0v) is 11.6. The molecule has 5 atom stereocenters. The van der Waals surface area contributed by atoms with Gasteiger partial charge in [-0.3, -0.25) is 4.79 Å². The van der Waals surface area contributed by atoms with Crippen LogP contribution in [0, 0.1) is 0 Å². The molecule has 7 heteroatoms. The van der Waals surface area contributed by atoms with Gasteiger partial charge in [-0.15, -0.1) is 0 Å². The Labute approximate surface area is 112 Å². The van der Waals surface area contributed by atoms with Crippen LogP contribution in [0.25, 0.3) is 0 Å². The van der Waals surface area contributed by atoms with Crippen molar-refractivity contribution in [1.82, 2.24) is 5.32 Å². The van der Waals surface area contributed by atoms with Crippen molar-refractivity contribution in [2.24, 2.45) is 0 Å². The van der Waals surface area contributed by atoms with E-state index >= 15 is 0 Å². The van der Waals surface area contributed by atoms with Gasteiger partial charge in [0, 0.05) is 14.0 Å². The molecule has 1 amide bonds. The Kier molecular flexibility index (Phi) is 4.12. The van der Waals surface area contributed by atoms with Crippen molar-refractivity contribution in [3.05, 3.63) is 0 Å². The predicted molar refractivity (Wildman–Crippen MR) is 64.2 cm³/mol. The standard InChI is InChI=1S/C12H21NO6/c1-6(14)13-8-9(15)10-7(18-11(8)16-4)5-17-12(2,3)19-10/h7-11,15H,5H2,1-4H3,(H,13,14)/t7-,8-,9+,10+,11+/m1/s1. The highest BCUT2D eigenvalue weighted by Crippen LogP contribution is 2.32. The van der Waals surface area contributed by atoms with Crippen LogP contribution in [0.3, 0.4) is 0 Å². The lowest BCUT2D eigenvalue weighted by Gasteiger charge is -2.49. The maximum atomic E-state index is 11.2. The Morgan fingerprint density at radius 1 is 1.47 bits per heavy atom. The van der Waals surface area contributed by atoms with Gasteiger partial charge in [0.25, 0.3) is 0 Å². The summed E-state index contributed by atoms with van der Waals surface area (Å²) in [4.78, 5) is 11.2. The summed E-state index contributed by atoms with van der Waals surface area (Å²) in [5, 5.41) is 13.0. The minimum absolute atomic E-state index is 0.264. The second kappa shape index (κ2) is 5.34. The van der Waals surface area contributed by atoms with Gasteiger partial charge in [-0.05, 0) is 13.8 Å². The minimum Gasteiger partial charge on any atom is -0.388 e. The van der Waals surface area contributed by atoms with Gasteiger partial charge < -0.3 is 29.4 Å². The van der Waals surface area contributed by atoms with Gasteiger partial charge in [0.15, 0.2) is 12.1 Å². The summed E-state index contributed by atoms with van der Waals surface area (Å²) in [6.07, 6.45) is -2.63. The summed E-state index contributed by atoms with van der Waals surface area (Å²) in [5.74, 6) is -1.05. The summed E-state index contributed by atoms with van der Waals surface area (Å²) < 4.78 is 22.0. The molecule has 2 rings (SSSR count). The van der Waals surface area contributed by atoms with E-state index in [0.29, 0.717) is 6.61 Å². The number of amides is 1. The average molecular weight is 275 g/mol. The molecule has 7 nitrogen and oxygen atoms in total. The van der Waals surface area contributed by atoms with Crippen LogP contribution in [-0.4, -0.2) is 61.2 Å². The number of hydrogen-bond acceptors (Lipinski definition) is 6. The Balaban J connectivity index is 2.15. The lowest BCUT2D eigenvalue weighted by atomic mass is 9.95. The second-order valence-corrected chi connectivity index (χ2v) is 5.29. The number of carbonyl (C=O) groups excluding carboxylic acids is 1. The van der Waals surface area contributed by atoms with Gasteiger partial charge in [0.2, 0.25) is 5.91 Å². The molecule has 0 aromatic carbocycles. The average Bonchev–Trinajstić information content (AvgIpc) is 2.32. The van der Waals surface area contributed by atoms with Gasteiger partial charge in [-0.1, -0.05) is 0 Å². The third kappa shape index (κ3) is 3.06. The van der Waals surface area contributed by atoms with Crippen LogP contribution in [0.1, 0.15) is 20.8 Å².